The maximum atomic E-state index is 13.0. The molecule has 6 heteroatoms. The van der Waals surface area contributed by atoms with Crippen LogP contribution in [-0.4, -0.2) is 25.1 Å². The van der Waals surface area contributed by atoms with E-state index in [0.717, 1.165) is 11.1 Å². The number of amides is 1. The third-order valence-corrected chi connectivity index (χ3v) is 2.49. The Morgan fingerprint density at radius 1 is 1.60 bits per heavy atom. The van der Waals surface area contributed by atoms with Gasteiger partial charge in [0.2, 0.25) is 0 Å². The first-order chi connectivity index (χ1) is 6.97. The zero-order chi connectivity index (χ0) is 11.6. The molecular formula is C9H10BrFN2O2. The minimum atomic E-state index is -0.510. The van der Waals surface area contributed by atoms with Crippen molar-refractivity contribution in [2.45, 2.75) is 0 Å². The summed E-state index contributed by atoms with van der Waals surface area (Å²) >= 11 is 2.98. The summed E-state index contributed by atoms with van der Waals surface area (Å²) in [6.45, 7) is 0. The number of carbonyl (C=O) groups excluding carboxylic acids is 1. The van der Waals surface area contributed by atoms with Gasteiger partial charge >= 0.3 is 0 Å². The zero-order valence-corrected chi connectivity index (χ0v) is 9.84. The monoisotopic (exact) mass is 276 g/mol. The number of rotatable bonds is 2. The Kier molecular flexibility index (Phi) is 3.65. The van der Waals surface area contributed by atoms with Crippen molar-refractivity contribution in [3.05, 3.63) is 28.0 Å². The fourth-order valence-electron chi connectivity index (χ4n) is 1.000. The molecule has 4 nitrogen and oxygen atoms in total. The molecule has 0 bridgehead atoms. The molecule has 0 spiro atoms. The van der Waals surface area contributed by atoms with Gasteiger partial charge in [0.1, 0.15) is 5.82 Å². The first-order valence-electron chi connectivity index (χ1n) is 4.04. The number of nitrogens with two attached hydrogens (primary N) is 1. The first kappa shape index (κ1) is 11.9. The van der Waals surface area contributed by atoms with Gasteiger partial charge in [-0.3, -0.25) is 9.63 Å². The van der Waals surface area contributed by atoms with Crippen molar-refractivity contribution in [3.8, 4) is 0 Å². The Hall–Kier alpha value is -1.14. The largest absolute Gasteiger partial charge is 0.398 e. The maximum absolute atomic E-state index is 13.0. The summed E-state index contributed by atoms with van der Waals surface area (Å²) < 4.78 is 13.2. The van der Waals surface area contributed by atoms with Crippen LogP contribution in [0.15, 0.2) is 16.6 Å². The summed E-state index contributed by atoms with van der Waals surface area (Å²) in [4.78, 5) is 16.3. The van der Waals surface area contributed by atoms with Crippen LogP contribution in [0.2, 0.25) is 0 Å². The van der Waals surface area contributed by atoms with E-state index < -0.39 is 11.7 Å². The zero-order valence-electron chi connectivity index (χ0n) is 8.25. The predicted octanol–water partition coefficient (Wildman–Crippen LogP) is 1.80. The van der Waals surface area contributed by atoms with Gasteiger partial charge in [0, 0.05) is 12.7 Å². The summed E-state index contributed by atoms with van der Waals surface area (Å²) in [5.41, 5.74) is 5.78. The Balaban J connectivity index is 3.15. The van der Waals surface area contributed by atoms with Crippen molar-refractivity contribution >= 4 is 27.5 Å². The van der Waals surface area contributed by atoms with Crippen molar-refractivity contribution in [1.82, 2.24) is 5.06 Å². The fraction of sp³-hybridized carbons (Fsp3) is 0.222. The van der Waals surface area contributed by atoms with Gasteiger partial charge in [-0.25, -0.2) is 9.45 Å². The van der Waals surface area contributed by atoms with E-state index in [1.807, 2.05) is 0 Å². The molecule has 0 saturated carbocycles. The lowest BCUT2D eigenvalue weighted by Crippen LogP contribution is -2.26. The third kappa shape index (κ3) is 2.45. The van der Waals surface area contributed by atoms with Crippen molar-refractivity contribution < 1.29 is 14.0 Å². The lowest BCUT2D eigenvalue weighted by molar-refractivity contribution is -0.0756. The summed E-state index contributed by atoms with van der Waals surface area (Å²) in [5.74, 6) is -0.945. The molecular weight excluding hydrogens is 267 g/mol. The van der Waals surface area contributed by atoms with Crippen LogP contribution in [0.3, 0.4) is 0 Å². The third-order valence-electron chi connectivity index (χ3n) is 1.88. The first-order valence-corrected chi connectivity index (χ1v) is 4.83. The highest BCUT2D eigenvalue weighted by molar-refractivity contribution is 9.10. The summed E-state index contributed by atoms with van der Waals surface area (Å²) in [6, 6.07) is 2.41. The van der Waals surface area contributed by atoms with Crippen molar-refractivity contribution in [2.75, 3.05) is 19.9 Å². The highest BCUT2D eigenvalue weighted by Crippen LogP contribution is 2.23. The van der Waals surface area contributed by atoms with Crippen LogP contribution in [0.1, 0.15) is 10.4 Å². The molecule has 0 aromatic heterocycles. The number of hydrogen-bond donors (Lipinski definition) is 1. The summed E-state index contributed by atoms with van der Waals surface area (Å²) in [5, 5.41) is 1.01. The van der Waals surface area contributed by atoms with Crippen LogP contribution < -0.4 is 5.73 Å². The minimum absolute atomic E-state index is 0.0737. The molecule has 0 unspecified atom stereocenters. The van der Waals surface area contributed by atoms with Gasteiger partial charge in [-0.1, -0.05) is 0 Å². The van der Waals surface area contributed by atoms with Gasteiger partial charge in [-0.15, -0.1) is 0 Å². The van der Waals surface area contributed by atoms with E-state index in [4.69, 9.17) is 10.6 Å². The normalized spacial score (nSPS) is 10.1. The number of halogens is 2. The molecule has 0 radical (unpaired) electrons. The highest BCUT2D eigenvalue weighted by atomic mass is 79.9. The van der Waals surface area contributed by atoms with Gasteiger partial charge in [0.25, 0.3) is 5.91 Å². The maximum Gasteiger partial charge on any atom is 0.279 e. The standard InChI is InChI=1S/C9H10BrFN2O2/c1-13(15-2)9(14)5-3-6(10)7(11)4-8(5)12/h3-4H,12H2,1-2H3. The molecule has 0 atom stereocenters. The number of anilines is 1. The van der Waals surface area contributed by atoms with Crippen LogP contribution in [0.4, 0.5) is 10.1 Å². The molecule has 1 rings (SSSR count). The molecule has 0 saturated heterocycles. The Labute approximate surface area is 94.9 Å². The van der Waals surface area contributed by atoms with Crippen LogP contribution in [0, 0.1) is 5.82 Å². The van der Waals surface area contributed by atoms with E-state index in [9.17, 15) is 9.18 Å². The van der Waals surface area contributed by atoms with Crippen LogP contribution >= 0.6 is 15.9 Å². The number of nitrogens with zero attached hydrogens (tertiary/aromatic N) is 1. The molecule has 0 fully saturated rings. The van der Waals surface area contributed by atoms with E-state index in [2.05, 4.69) is 15.9 Å². The predicted molar refractivity (Wildman–Crippen MR) is 57.6 cm³/mol. The van der Waals surface area contributed by atoms with E-state index in [1.54, 1.807) is 0 Å². The molecule has 82 valence electrons. The molecule has 1 amide bonds. The number of benzene rings is 1. The van der Waals surface area contributed by atoms with Crippen molar-refractivity contribution in [3.63, 3.8) is 0 Å². The molecule has 0 aliphatic rings. The molecule has 2 N–H and O–H groups in total. The van der Waals surface area contributed by atoms with E-state index in [1.165, 1.54) is 20.2 Å². The number of nitrogen functional groups attached to an aromatic ring is 1. The van der Waals surface area contributed by atoms with Gasteiger partial charge in [0.05, 0.1) is 17.1 Å². The molecule has 15 heavy (non-hydrogen) atoms. The average Bonchev–Trinajstić information content (AvgIpc) is 2.21. The Morgan fingerprint density at radius 2 is 2.20 bits per heavy atom. The Morgan fingerprint density at radius 3 is 2.73 bits per heavy atom. The van der Waals surface area contributed by atoms with Gasteiger partial charge < -0.3 is 5.73 Å². The molecule has 0 aliphatic carbocycles. The summed E-state index contributed by atoms with van der Waals surface area (Å²) in [6.07, 6.45) is 0. The van der Waals surface area contributed by atoms with Crippen LogP contribution in [0.5, 0.6) is 0 Å². The van der Waals surface area contributed by atoms with E-state index >= 15 is 0 Å². The molecule has 0 aliphatic heterocycles. The number of hydroxylamine groups is 2. The van der Waals surface area contributed by atoms with Gasteiger partial charge in [-0.2, -0.15) is 0 Å². The van der Waals surface area contributed by atoms with Crippen molar-refractivity contribution in [2.24, 2.45) is 0 Å². The topological polar surface area (TPSA) is 55.6 Å². The number of carbonyl (C=O) groups is 1. The SMILES string of the molecule is CON(C)C(=O)c1cc(Br)c(F)cc1N. The second-order valence-corrected chi connectivity index (χ2v) is 3.69. The lowest BCUT2D eigenvalue weighted by atomic mass is 10.1. The highest BCUT2D eigenvalue weighted by Gasteiger charge is 2.16. The fourth-order valence-corrected chi connectivity index (χ4v) is 1.34. The van der Waals surface area contributed by atoms with E-state index in [-0.39, 0.29) is 15.7 Å². The van der Waals surface area contributed by atoms with Crippen LogP contribution in [0.25, 0.3) is 0 Å². The molecule has 1 aromatic rings. The average molecular weight is 277 g/mol. The molecule has 0 heterocycles. The lowest BCUT2D eigenvalue weighted by Gasteiger charge is -2.15. The molecule has 1 aromatic carbocycles. The van der Waals surface area contributed by atoms with Gasteiger partial charge in [-0.05, 0) is 28.1 Å². The van der Waals surface area contributed by atoms with E-state index in [0.29, 0.717) is 0 Å². The second-order valence-electron chi connectivity index (χ2n) is 2.84. The van der Waals surface area contributed by atoms with Crippen LogP contribution in [-0.2, 0) is 4.84 Å². The summed E-state index contributed by atoms with van der Waals surface area (Å²) in [7, 11) is 2.80. The minimum Gasteiger partial charge on any atom is -0.398 e. The quantitative estimate of drug-likeness (QED) is 0.662. The Bertz CT molecular complexity index is 398. The smallest absolute Gasteiger partial charge is 0.279 e. The van der Waals surface area contributed by atoms with Gasteiger partial charge in [0.15, 0.2) is 0 Å². The second kappa shape index (κ2) is 4.59. The van der Waals surface area contributed by atoms with Crippen molar-refractivity contribution in [1.29, 1.82) is 0 Å². The number of hydrogen-bond acceptors (Lipinski definition) is 3.